The lowest BCUT2D eigenvalue weighted by Gasteiger charge is -2.31. The Labute approximate surface area is 168 Å². The Morgan fingerprint density at radius 1 is 1.38 bits per heavy atom. The molecule has 160 valence electrons. The number of rotatable bonds is 5. The molecule has 3 aliphatic rings. The Hall–Kier alpha value is -2.11. The molecular weight excluding hydrogens is 381 g/mol. The average Bonchev–Trinajstić information content (AvgIpc) is 3.13. The number of amidine groups is 1. The third-order valence-electron chi connectivity index (χ3n) is 5.89. The summed E-state index contributed by atoms with van der Waals surface area (Å²) in [5, 5.41) is 17.0. The van der Waals surface area contributed by atoms with Gasteiger partial charge in [0.05, 0.1) is 18.8 Å². The number of alkyl halides is 1. The van der Waals surface area contributed by atoms with Crippen LogP contribution in [0.15, 0.2) is 0 Å². The van der Waals surface area contributed by atoms with Crippen LogP contribution in [0.1, 0.15) is 32.0 Å². The molecule has 0 aliphatic carbocycles. The van der Waals surface area contributed by atoms with Crippen molar-refractivity contribution in [3.63, 3.8) is 0 Å². The molecule has 3 saturated heterocycles. The Balaban J connectivity index is 1.56. The van der Waals surface area contributed by atoms with Crippen LogP contribution in [-0.4, -0.2) is 88.6 Å². The van der Waals surface area contributed by atoms with Gasteiger partial charge in [0.15, 0.2) is 5.84 Å². The van der Waals surface area contributed by atoms with Crippen molar-refractivity contribution >= 4 is 11.8 Å². The van der Waals surface area contributed by atoms with Gasteiger partial charge in [0.1, 0.15) is 12.8 Å². The lowest BCUT2D eigenvalue weighted by Crippen LogP contribution is -2.43. The number of fused-ring (bicyclic) bond motifs is 1. The molecule has 0 spiro atoms. The van der Waals surface area contributed by atoms with Gasteiger partial charge in [-0.2, -0.15) is 15.0 Å². The molecule has 1 aromatic heterocycles. The summed E-state index contributed by atoms with van der Waals surface area (Å²) in [5.74, 6) is 0.310. The van der Waals surface area contributed by atoms with Gasteiger partial charge < -0.3 is 14.4 Å². The van der Waals surface area contributed by atoms with E-state index >= 15 is 0 Å². The molecule has 0 radical (unpaired) electrons. The Morgan fingerprint density at radius 2 is 2.24 bits per heavy atom. The minimum Gasteiger partial charge on any atom is -0.461 e. The summed E-state index contributed by atoms with van der Waals surface area (Å²) in [4.78, 5) is 17.1. The van der Waals surface area contributed by atoms with E-state index in [4.69, 9.17) is 20.1 Å². The maximum absolute atomic E-state index is 14.0. The standard InChI is InChI=1S/C18H28FN7O3/c1-12-8-25(5-6-28-10-12)16-21-15(14(20)24-27)22-17(23-16)29-11-18-3-2-4-26(18)9-13(19)7-18/h12-13,27H,2-11H2,1H3,(H2,20,24)/t12-,13-,18+/m1/s1. The van der Waals surface area contributed by atoms with E-state index in [2.05, 4.69) is 26.8 Å². The highest BCUT2D eigenvalue weighted by atomic mass is 19.1. The molecule has 0 bridgehead atoms. The number of aromatic nitrogens is 3. The Morgan fingerprint density at radius 3 is 3.07 bits per heavy atom. The van der Waals surface area contributed by atoms with Crippen molar-refractivity contribution in [2.45, 2.75) is 37.9 Å². The first-order chi connectivity index (χ1) is 14.0. The number of hydrogen-bond acceptors (Lipinski definition) is 9. The van der Waals surface area contributed by atoms with Crippen LogP contribution in [0.3, 0.4) is 0 Å². The predicted octanol–water partition coefficient (Wildman–Crippen LogP) is 0.604. The molecule has 11 heteroatoms. The normalized spacial score (nSPS) is 30.1. The lowest BCUT2D eigenvalue weighted by atomic mass is 9.95. The van der Waals surface area contributed by atoms with Crippen LogP contribution in [0.4, 0.5) is 10.3 Å². The molecule has 1 aromatic rings. The second kappa shape index (κ2) is 8.33. The van der Waals surface area contributed by atoms with E-state index in [9.17, 15) is 4.39 Å². The SMILES string of the molecule is C[C@H]1COCCN(c2nc(OC[C@@]34CCCN3C[C@H](F)C4)nc(C(=N)NO)n2)C1. The second-order valence-corrected chi connectivity index (χ2v) is 8.22. The summed E-state index contributed by atoms with van der Waals surface area (Å²) < 4.78 is 25.5. The van der Waals surface area contributed by atoms with Gasteiger partial charge in [-0.05, 0) is 25.3 Å². The molecule has 3 N–H and O–H groups in total. The number of hydroxylamine groups is 1. The van der Waals surface area contributed by atoms with Crippen LogP contribution >= 0.6 is 0 Å². The van der Waals surface area contributed by atoms with E-state index < -0.39 is 6.17 Å². The maximum Gasteiger partial charge on any atom is 0.321 e. The van der Waals surface area contributed by atoms with Crippen molar-refractivity contribution in [1.82, 2.24) is 25.3 Å². The number of nitrogens with one attached hydrogen (secondary N) is 2. The van der Waals surface area contributed by atoms with Crippen molar-refractivity contribution in [1.29, 1.82) is 5.41 Å². The Bertz CT molecular complexity index is 754. The third kappa shape index (κ3) is 4.26. The highest BCUT2D eigenvalue weighted by Crippen LogP contribution is 2.40. The molecule has 4 rings (SSSR count). The summed E-state index contributed by atoms with van der Waals surface area (Å²) in [5.41, 5.74) is 1.45. The fourth-order valence-electron chi connectivity index (χ4n) is 4.52. The molecule has 0 aromatic carbocycles. The largest absolute Gasteiger partial charge is 0.461 e. The molecule has 0 saturated carbocycles. The number of ether oxygens (including phenoxy) is 2. The van der Waals surface area contributed by atoms with E-state index in [1.54, 1.807) is 5.48 Å². The van der Waals surface area contributed by atoms with Crippen LogP contribution in [0.5, 0.6) is 6.01 Å². The van der Waals surface area contributed by atoms with Gasteiger partial charge in [-0.25, -0.2) is 9.87 Å². The van der Waals surface area contributed by atoms with Crippen LogP contribution in [0.25, 0.3) is 0 Å². The van der Waals surface area contributed by atoms with Gasteiger partial charge >= 0.3 is 6.01 Å². The van der Waals surface area contributed by atoms with Gasteiger partial charge in [0.25, 0.3) is 0 Å². The van der Waals surface area contributed by atoms with E-state index in [-0.39, 0.29) is 29.8 Å². The first kappa shape index (κ1) is 20.2. The first-order valence-electron chi connectivity index (χ1n) is 10.1. The van der Waals surface area contributed by atoms with E-state index in [1.165, 1.54) is 0 Å². The monoisotopic (exact) mass is 409 g/mol. The molecule has 4 heterocycles. The molecule has 10 nitrogen and oxygen atoms in total. The Kier molecular flexibility index (Phi) is 5.79. The summed E-state index contributed by atoms with van der Waals surface area (Å²) >= 11 is 0. The van der Waals surface area contributed by atoms with Gasteiger partial charge in [-0.1, -0.05) is 6.92 Å². The van der Waals surface area contributed by atoms with Crippen molar-refractivity contribution in [2.75, 3.05) is 50.9 Å². The summed E-state index contributed by atoms with van der Waals surface area (Å²) in [6.07, 6.45) is 1.52. The summed E-state index contributed by atoms with van der Waals surface area (Å²) in [6, 6.07) is 0.0753. The topological polar surface area (TPSA) is 120 Å². The first-order valence-corrected chi connectivity index (χ1v) is 10.1. The summed E-state index contributed by atoms with van der Waals surface area (Å²) in [6.45, 7) is 6.20. The van der Waals surface area contributed by atoms with Gasteiger partial charge in [0.2, 0.25) is 11.8 Å². The fraction of sp³-hybridized carbons (Fsp3) is 0.778. The molecule has 29 heavy (non-hydrogen) atoms. The van der Waals surface area contributed by atoms with Gasteiger partial charge in [-0.15, -0.1) is 0 Å². The van der Waals surface area contributed by atoms with Crippen molar-refractivity contribution in [3.8, 4) is 6.01 Å². The van der Waals surface area contributed by atoms with Crippen LogP contribution in [0.2, 0.25) is 0 Å². The molecule has 0 unspecified atom stereocenters. The third-order valence-corrected chi connectivity index (χ3v) is 5.89. The van der Waals surface area contributed by atoms with Crippen LogP contribution in [-0.2, 0) is 4.74 Å². The average molecular weight is 409 g/mol. The highest BCUT2D eigenvalue weighted by molar-refractivity contribution is 5.92. The van der Waals surface area contributed by atoms with E-state index in [1.807, 2.05) is 4.90 Å². The summed E-state index contributed by atoms with van der Waals surface area (Å²) in [7, 11) is 0. The molecule has 3 fully saturated rings. The van der Waals surface area contributed by atoms with Crippen molar-refractivity contribution < 1.29 is 19.1 Å². The molecule has 3 aliphatic heterocycles. The number of hydrogen-bond donors (Lipinski definition) is 3. The zero-order valence-corrected chi connectivity index (χ0v) is 16.6. The molecule has 3 atom stereocenters. The minimum atomic E-state index is -0.839. The highest BCUT2D eigenvalue weighted by Gasteiger charge is 2.49. The van der Waals surface area contributed by atoms with Crippen molar-refractivity contribution in [2.24, 2.45) is 5.92 Å². The predicted molar refractivity (Wildman–Crippen MR) is 102 cm³/mol. The van der Waals surface area contributed by atoms with Gasteiger partial charge in [0, 0.05) is 26.1 Å². The minimum absolute atomic E-state index is 0.0131. The molecular formula is C18H28FN7O3. The lowest BCUT2D eigenvalue weighted by molar-refractivity contribution is 0.107. The van der Waals surface area contributed by atoms with E-state index in [0.29, 0.717) is 51.1 Å². The van der Waals surface area contributed by atoms with Crippen molar-refractivity contribution in [3.05, 3.63) is 5.82 Å². The zero-order valence-electron chi connectivity index (χ0n) is 16.6. The van der Waals surface area contributed by atoms with E-state index in [0.717, 1.165) is 19.4 Å². The quantitative estimate of drug-likeness (QED) is 0.365. The maximum atomic E-state index is 14.0. The smallest absolute Gasteiger partial charge is 0.321 e. The fourth-order valence-corrected chi connectivity index (χ4v) is 4.52. The van der Waals surface area contributed by atoms with Gasteiger partial charge in [-0.3, -0.25) is 15.5 Å². The number of halogens is 1. The second-order valence-electron chi connectivity index (χ2n) is 8.22. The number of anilines is 1. The van der Waals surface area contributed by atoms with Crippen LogP contribution in [0, 0.1) is 11.3 Å². The zero-order chi connectivity index (χ0) is 20.4. The van der Waals surface area contributed by atoms with Crippen LogP contribution < -0.4 is 15.1 Å². The number of nitrogens with zero attached hydrogens (tertiary/aromatic N) is 5. The molecule has 0 amide bonds.